The van der Waals surface area contributed by atoms with E-state index in [0.29, 0.717) is 13.1 Å². The lowest BCUT2D eigenvalue weighted by Gasteiger charge is -2.27. The molecule has 4 rings (SSSR count). The van der Waals surface area contributed by atoms with E-state index in [1.54, 1.807) is 11.3 Å². The Labute approximate surface area is 189 Å². The fourth-order valence-electron chi connectivity index (χ4n) is 4.26. The summed E-state index contributed by atoms with van der Waals surface area (Å²) in [6.07, 6.45) is 5.01. The van der Waals surface area contributed by atoms with Gasteiger partial charge in [0.25, 0.3) is 0 Å². The van der Waals surface area contributed by atoms with Crippen LogP contribution in [0, 0.1) is 0 Å². The van der Waals surface area contributed by atoms with E-state index < -0.39 is 20.0 Å². The van der Waals surface area contributed by atoms with Crippen molar-refractivity contribution in [2.24, 2.45) is 0 Å². The number of thiophene rings is 1. The maximum absolute atomic E-state index is 12.9. The summed E-state index contributed by atoms with van der Waals surface area (Å²) in [7, 11) is -7.32. The van der Waals surface area contributed by atoms with Crippen molar-refractivity contribution in [3.8, 4) is 0 Å². The van der Waals surface area contributed by atoms with E-state index >= 15 is 0 Å². The normalized spacial score (nSPS) is 20.1. The minimum atomic E-state index is -3.74. The zero-order valence-electron chi connectivity index (χ0n) is 17.4. The molecule has 0 bridgehead atoms. The zero-order chi connectivity index (χ0) is 21.9. The first kappa shape index (κ1) is 22.9. The molecule has 2 saturated heterocycles. The number of piperidine rings is 1. The summed E-state index contributed by atoms with van der Waals surface area (Å²) in [5, 5.41) is 2.01. The fraction of sp³-hybridized carbons (Fsp3) is 0.524. The van der Waals surface area contributed by atoms with Crippen LogP contribution in [-0.4, -0.2) is 58.8 Å². The second-order valence-electron chi connectivity index (χ2n) is 8.06. The van der Waals surface area contributed by atoms with Gasteiger partial charge in [0.15, 0.2) is 0 Å². The molecular formula is C21H29N3O4S3. The van der Waals surface area contributed by atoms with Crippen LogP contribution in [0.2, 0.25) is 0 Å². The molecule has 3 heterocycles. The van der Waals surface area contributed by atoms with Crippen LogP contribution in [0.5, 0.6) is 0 Å². The Morgan fingerprint density at radius 1 is 0.839 bits per heavy atom. The van der Waals surface area contributed by atoms with Crippen LogP contribution in [-0.2, 0) is 20.0 Å². The average molecular weight is 484 g/mol. The highest BCUT2D eigenvalue weighted by Crippen LogP contribution is 2.28. The minimum absolute atomic E-state index is 0.0102. The predicted octanol–water partition coefficient (Wildman–Crippen LogP) is 3.04. The molecular weight excluding hydrogens is 454 g/mol. The van der Waals surface area contributed by atoms with Crippen molar-refractivity contribution in [2.45, 2.75) is 47.9 Å². The molecule has 170 valence electrons. The number of hydrogen-bond donors (Lipinski definition) is 1. The van der Waals surface area contributed by atoms with Gasteiger partial charge in [-0.3, -0.25) is 4.90 Å². The standard InChI is InChI=1S/C21H29N3O4S3/c25-30(26,22-17-20(21-7-6-16-29-21)23-12-4-5-13-23)18-8-10-19(11-9-18)31(27,28)24-14-2-1-3-15-24/h6-11,16,20,22H,1-5,12-15,17H2. The number of nitrogens with one attached hydrogen (secondary N) is 1. The SMILES string of the molecule is O=S(=O)(NCC(c1cccs1)N1CCCC1)c1ccc(S(=O)(=O)N2CCCCC2)cc1. The minimum Gasteiger partial charge on any atom is -0.294 e. The van der Waals surface area contributed by atoms with E-state index in [4.69, 9.17) is 0 Å². The molecule has 0 amide bonds. The van der Waals surface area contributed by atoms with E-state index in [1.807, 2.05) is 17.5 Å². The molecule has 0 spiro atoms. The smallest absolute Gasteiger partial charge is 0.243 e. The highest BCUT2D eigenvalue weighted by atomic mass is 32.2. The first-order valence-electron chi connectivity index (χ1n) is 10.8. The molecule has 31 heavy (non-hydrogen) atoms. The second-order valence-corrected chi connectivity index (χ2v) is 12.7. The summed E-state index contributed by atoms with van der Waals surface area (Å²) in [6.45, 7) is 3.26. The summed E-state index contributed by atoms with van der Waals surface area (Å²) in [5.74, 6) is 0. The van der Waals surface area contributed by atoms with Crippen LogP contribution in [0.1, 0.15) is 43.0 Å². The van der Waals surface area contributed by atoms with Gasteiger partial charge >= 0.3 is 0 Å². The van der Waals surface area contributed by atoms with Crippen LogP contribution in [0.4, 0.5) is 0 Å². The maximum atomic E-state index is 12.9. The molecule has 7 nitrogen and oxygen atoms in total. The third-order valence-electron chi connectivity index (χ3n) is 6.01. The van der Waals surface area contributed by atoms with Crippen molar-refractivity contribution in [3.05, 3.63) is 46.7 Å². The van der Waals surface area contributed by atoms with Gasteiger partial charge in [0.2, 0.25) is 20.0 Å². The third-order valence-corrected chi connectivity index (χ3v) is 10.3. The molecule has 1 N–H and O–H groups in total. The number of nitrogens with zero attached hydrogens (tertiary/aromatic N) is 2. The topological polar surface area (TPSA) is 86.8 Å². The molecule has 0 radical (unpaired) electrons. The molecule has 0 aliphatic carbocycles. The van der Waals surface area contributed by atoms with Crippen molar-refractivity contribution < 1.29 is 16.8 Å². The molecule has 10 heteroatoms. The van der Waals surface area contributed by atoms with Gasteiger partial charge in [0, 0.05) is 24.5 Å². The molecule has 2 aliphatic heterocycles. The number of rotatable bonds is 8. The lowest BCUT2D eigenvalue weighted by Crippen LogP contribution is -2.36. The molecule has 1 aromatic heterocycles. The van der Waals surface area contributed by atoms with Gasteiger partial charge in [-0.1, -0.05) is 12.5 Å². The quantitative estimate of drug-likeness (QED) is 0.624. The first-order chi connectivity index (χ1) is 14.9. The predicted molar refractivity (Wildman–Crippen MR) is 122 cm³/mol. The molecule has 0 saturated carbocycles. The van der Waals surface area contributed by atoms with Crippen LogP contribution in [0.15, 0.2) is 51.6 Å². The average Bonchev–Trinajstić information content (AvgIpc) is 3.50. The molecule has 2 aromatic rings. The molecule has 2 fully saturated rings. The first-order valence-corrected chi connectivity index (χ1v) is 14.6. The van der Waals surface area contributed by atoms with Crippen molar-refractivity contribution in [2.75, 3.05) is 32.7 Å². The van der Waals surface area contributed by atoms with Gasteiger partial charge in [0.05, 0.1) is 15.8 Å². The summed E-state index contributed by atoms with van der Waals surface area (Å²) in [4.78, 5) is 3.69. The molecule has 1 atom stereocenters. The monoisotopic (exact) mass is 483 g/mol. The lowest BCUT2D eigenvalue weighted by atomic mass is 10.2. The summed E-state index contributed by atoms with van der Waals surface area (Å²) in [5.41, 5.74) is 0. The molecule has 2 aliphatic rings. The Kier molecular flexibility index (Phi) is 7.14. The molecule has 1 unspecified atom stereocenters. The summed E-state index contributed by atoms with van der Waals surface area (Å²) >= 11 is 1.63. The van der Waals surface area contributed by atoms with Crippen molar-refractivity contribution in [1.82, 2.24) is 13.9 Å². The van der Waals surface area contributed by atoms with Gasteiger partial charge in [-0.15, -0.1) is 11.3 Å². The lowest BCUT2D eigenvalue weighted by molar-refractivity contribution is 0.250. The maximum Gasteiger partial charge on any atom is 0.243 e. The van der Waals surface area contributed by atoms with Crippen LogP contribution >= 0.6 is 11.3 Å². The van der Waals surface area contributed by atoms with Crippen molar-refractivity contribution in [3.63, 3.8) is 0 Å². The Morgan fingerprint density at radius 3 is 2.06 bits per heavy atom. The third kappa shape index (κ3) is 5.20. The highest BCUT2D eigenvalue weighted by Gasteiger charge is 2.28. The van der Waals surface area contributed by atoms with Crippen LogP contribution < -0.4 is 4.72 Å². The van der Waals surface area contributed by atoms with E-state index in [-0.39, 0.29) is 22.4 Å². The highest BCUT2D eigenvalue weighted by molar-refractivity contribution is 7.89. The van der Waals surface area contributed by atoms with Crippen LogP contribution in [0.25, 0.3) is 0 Å². The van der Waals surface area contributed by atoms with Crippen molar-refractivity contribution >= 4 is 31.4 Å². The summed E-state index contributed by atoms with van der Waals surface area (Å²) < 4.78 is 55.6. The number of benzene rings is 1. The number of sulfonamides is 2. The Bertz CT molecular complexity index is 1060. The van der Waals surface area contributed by atoms with E-state index in [2.05, 4.69) is 9.62 Å². The Balaban J connectivity index is 1.47. The Morgan fingerprint density at radius 2 is 1.45 bits per heavy atom. The second kappa shape index (κ2) is 9.68. The number of hydrogen-bond acceptors (Lipinski definition) is 6. The summed E-state index contributed by atoms with van der Waals surface area (Å²) in [6, 6.07) is 9.60. The van der Waals surface area contributed by atoms with Gasteiger partial charge in [-0.2, -0.15) is 4.31 Å². The van der Waals surface area contributed by atoms with Gasteiger partial charge in [0.1, 0.15) is 0 Å². The number of likely N-dealkylation sites (tertiary alicyclic amines) is 1. The van der Waals surface area contributed by atoms with Crippen molar-refractivity contribution in [1.29, 1.82) is 0 Å². The van der Waals surface area contributed by atoms with Gasteiger partial charge in [-0.05, 0) is 74.5 Å². The van der Waals surface area contributed by atoms with E-state index in [0.717, 1.165) is 50.1 Å². The van der Waals surface area contributed by atoms with E-state index in [1.165, 1.54) is 28.6 Å². The van der Waals surface area contributed by atoms with Crippen LogP contribution in [0.3, 0.4) is 0 Å². The van der Waals surface area contributed by atoms with Gasteiger partial charge in [-0.25, -0.2) is 21.6 Å². The zero-order valence-corrected chi connectivity index (χ0v) is 19.9. The van der Waals surface area contributed by atoms with E-state index in [9.17, 15) is 16.8 Å². The Hall–Kier alpha value is -1.30. The largest absolute Gasteiger partial charge is 0.294 e. The molecule has 1 aromatic carbocycles. The van der Waals surface area contributed by atoms with Gasteiger partial charge < -0.3 is 0 Å². The fourth-order valence-corrected chi connectivity index (χ4v) is 7.68.